The predicted octanol–water partition coefficient (Wildman–Crippen LogP) is 3.32. The van der Waals surface area contributed by atoms with E-state index in [2.05, 4.69) is 20.9 Å². The molecule has 0 saturated heterocycles. The second-order valence-electron chi connectivity index (χ2n) is 4.21. The van der Waals surface area contributed by atoms with Gasteiger partial charge in [-0.05, 0) is 24.6 Å². The number of hydrogen-bond donors (Lipinski definition) is 0. The number of methoxy groups -OCH3 is 1. The van der Waals surface area contributed by atoms with Crippen molar-refractivity contribution in [3.05, 3.63) is 40.1 Å². The Hall–Kier alpha value is -1.98. The molecule has 2 aromatic rings. The molecule has 22 heavy (non-hydrogen) atoms. The Kier molecular flexibility index (Phi) is 6.95. The number of aryl methyl sites for hydroxylation is 2. The summed E-state index contributed by atoms with van der Waals surface area (Å²) in [7, 11) is 1.58. The molecule has 0 fully saturated rings. The van der Waals surface area contributed by atoms with Gasteiger partial charge in [-0.1, -0.05) is 29.8 Å². The third-order valence-corrected chi connectivity index (χ3v) is 3.48. The summed E-state index contributed by atoms with van der Waals surface area (Å²) in [5, 5.41) is 0. The summed E-state index contributed by atoms with van der Waals surface area (Å²) in [5.74, 6) is 1.01. The molecule has 0 bridgehead atoms. The van der Waals surface area contributed by atoms with Crippen LogP contribution in [0.4, 0.5) is 4.39 Å². The van der Waals surface area contributed by atoms with Crippen LogP contribution in [-0.2, 0) is 22.4 Å². The quantitative estimate of drug-likeness (QED) is 0.827. The lowest BCUT2D eigenvalue weighted by atomic mass is 10.2. The van der Waals surface area contributed by atoms with E-state index in [4.69, 9.17) is 14.3 Å². The van der Waals surface area contributed by atoms with Crippen LogP contribution in [0.5, 0.6) is 5.75 Å². The third-order valence-electron chi connectivity index (χ3n) is 2.99. The number of hydrogen-bond acceptors (Lipinski definition) is 4. The number of rotatable bonds is 4. The largest absolute Gasteiger partial charge is 0.495 e. The van der Waals surface area contributed by atoms with Crippen molar-refractivity contribution in [2.24, 2.45) is 0 Å². The van der Waals surface area contributed by atoms with Crippen molar-refractivity contribution >= 4 is 22.1 Å². The minimum absolute atomic E-state index is 0.250. The molecule has 0 aliphatic rings. The van der Waals surface area contributed by atoms with E-state index in [1.807, 2.05) is 32.0 Å². The zero-order valence-corrected chi connectivity index (χ0v) is 14.1. The van der Waals surface area contributed by atoms with Crippen molar-refractivity contribution in [2.75, 3.05) is 7.11 Å². The van der Waals surface area contributed by atoms with E-state index in [1.54, 1.807) is 7.11 Å². The molecular weight excluding hydrogens is 355 g/mol. The number of nitrogens with zero attached hydrogens (tertiary/aromatic N) is 2. The second-order valence-corrected chi connectivity index (χ2v) is 5.12. The van der Waals surface area contributed by atoms with E-state index in [9.17, 15) is 4.39 Å². The predicted molar refractivity (Wildman–Crippen MR) is 81.5 cm³/mol. The molecule has 0 atom stereocenters. The average Bonchev–Trinajstić information content (AvgIpc) is 2.84. The molecule has 1 aromatic carbocycles. The van der Waals surface area contributed by atoms with Crippen LogP contribution in [0.25, 0.3) is 5.69 Å². The molecule has 1 heterocycles. The van der Waals surface area contributed by atoms with Crippen molar-refractivity contribution in [2.45, 2.75) is 26.7 Å². The Morgan fingerprint density at radius 2 is 1.95 bits per heavy atom. The Morgan fingerprint density at radius 1 is 1.32 bits per heavy atom. The fraction of sp³-hybridized carbons (Fsp3) is 0.333. The Morgan fingerprint density at radius 3 is 2.45 bits per heavy atom. The van der Waals surface area contributed by atoms with Crippen LogP contribution in [0.2, 0.25) is 0 Å². The molecule has 0 aliphatic carbocycles. The Balaban J connectivity index is 0.000000745. The number of carbonyl (C=O) groups excluding carboxylic acids is 2. The summed E-state index contributed by atoms with van der Waals surface area (Å²) in [6.07, 6.45) is 1.49. The second kappa shape index (κ2) is 8.46. The summed E-state index contributed by atoms with van der Waals surface area (Å²) in [5.41, 5.74) is 1.16. The van der Waals surface area contributed by atoms with Gasteiger partial charge in [-0.3, -0.25) is 4.57 Å². The van der Waals surface area contributed by atoms with E-state index in [0.29, 0.717) is 35.8 Å². The van der Waals surface area contributed by atoms with Gasteiger partial charge in [-0.25, -0.2) is 4.98 Å². The van der Waals surface area contributed by atoms with E-state index < -0.39 is 0 Å². The van der Waals surface area contributed by atoms with Crippen molar-refractivity contribution in [1.29, 1.82) is 0 Å². The molecule has 0 saturated carbocycles. The monoisotopic (exact) mass is 370 g/mol. The molecule has 0 unspecified atom stereocenters. The van der Waals surface area contributed by atoms with Gasteiger partial charge in [0.05, 0.1) is 18.5 Å². The van der Waals surface area contributed by atoms with Gasteiger partial charge < -0.3 is 4.74 Å². The van der Waals surface area contributed by atoms with Crippen molar-refractivity contribution < 1.29 is 18.7 Å². The summed E-state index contributed by atoms with van der Waals surface area (Å²) in [4.78, 5) is 20.6. The zero-order chi connectivity index (χ0) is 16.7. The van der Waals surface area contributed by atoms with E-state index in [1.165, 1.54) is 4.57 Å². The van der Waals surface area contributed by atoms with Crippen molar-refractivity contribution in [1.82, 2.24) is 9.55 Å². The number of benzene rings is 1. The van der Waals surface area contributed by atoms with Gasteiger partial charge >= 0.3 is 6.15 Å². The molecule has 0 radical (unpaired) electrons. The highest BCUT2D eigenvalue weighted by molar-refractivity contribution is 9.10. The van der Waals surface area contributed by atoms with Crippen LogP contribution in [-0.4, -0.2) is 22.8 Å². The smallest absolute Gasteiger partial charge is 0.373 e. The van der Waals surface area contributed by atoms with Crippen LogP contribution < -0.4 is 4.74 Å². The lowest BCUT2D eigenvalue weighted by Crippen LogP contribution is -2.05. The van der Waals surface area contributed by atoms with Crippen LogP contribution in [0.3, 0.4) is 0 Å². The molecule has 0 N–H and O–H groups in total. The highest BCUT2D eigenvalue weighted by Gasteiger charge is 2.18. The van der Waals surface area contributed by atoms with Crippen molar-refractivity contribution in [3.8, 4) is 11.4 Å². The number of halogens is 2. The summed E-state index contributed by atoms with van der Waals surface area (Å²) in [6, 6.07) is 5.51. The van der Waals surface area contributed by atoms with Crippen LogP contribution in [0.15, 0.2) is 22.7 Å². The standard InChI is InChI=1S/C14H16BrFN2O.CO2/c1-4-10-14(16)18(13(5-2)17-10)11-7-6-9(15)8-12(11)19-3;2-1-3/h6-8H,4-5H2,1-3H3;. The molecule has 7 heteroatoms. The average molecular weight is 371 g/mol. The zero-order valence-electron chi connectivity index (χ0n) is 12.5. The summed E-state index contributed by atoms with van der Waals surface area (Å²) >= 11 is 3.38. The minimum atomic E-state index is -0.306. The molecule has 0 aliphatic heterocycles. The van der Waals surface area contributed by atoms with Gasteiger partial charge in [0.1, 0.15) is 11.6 Å². The van der Waals surface area contributed by atoms with Gasteiger partial charge in [-0.15, -0.1) is 0 Å². The maximum Gasteiger partial charge on any atom is 0.373 e. The third kappa shape index (κ3) is 3.81. The normalized spacial score (nSPS) is 9.68. The van der Waals surface area contributed by atoms with Gasteiger partial charge in [-0.2, -0.15) is 14.0 Å². The SMILES string of the molecule is CCc1nc(CC)n(-c2ccc(Br)cc2OC)c1F.O=C=O. The van der Waals surface area contributed by atoms with Gasteiger partial charge in [0.15, 0.2) is 0 Å². The number of aromatic nitrogens is 2. The fourth-order valence-corrected chi connectivity index (χ4v) is 2.38. The lowest BCUT2D eigenvalue weighted by Gasteiger charge is -2.12. The first kappa shape index (κ1) is 18.1. The van der Waals surface area contributed by atoms with E-state index >= 15 is 0 Å². The molecule has 1 aromatic heterocycles. The molecular formula is C15H16BrFN2O3. The van der Waals surface area contributed by atoms with Crippen LogP contribution in [0.1, 0.15) is 25.4 Å². The maximum absolute atomic E-state index is 14.4. The topological polar surface area (TPSA) is 61.2 Å². The first-order chi connectivity index (χ1) is 10.5. The number of ether oxygens (including phenoxy) is 1. The van der Waals surface area contributed by atoms with Gasteiger partial charge in [0.2, 0.25) is 5.95 Å². The first-order valence-electron chi connectivity index (χ1n) is 6.63. The lowest BCUT2D eigenvalue weighted by molar-refractivity contribution is -0.191. The van der Waals surface area contributed by atoms with Gasteiger partial charge in [0.25, 0.3) is 0 Å². The fourth-order valence-electron chi connectivity index (χ4n) is 2.04. The van der Waals surface area contributed by atoms with E-state index in [0.717, 1.165) is 4.47 Å². The van der Waals surface area contributed by atoms with E-state index in [-0.39, 0.29) is 12.1 Å². The Bertz CT molecular complexity index is 680. The van der Waals surface area contributed by atoms with Crippen molar-refractivity contribution in [3.63, 3.8) is 0 Å². The molecule has 118 valence electrons. The molecule has 2 rings (SSSR count). The van der Waals surface area contributed by atoms with Crippen LogP contribution in [0, 0.1) is 5.95 Å². The maximum atomic E-state index is 14.4. The Labute approximate surface area is 136 Å². The van der Waals surface area contributed by atoms with Gasteiger partial charge in [0, 0.05) is 10.9 Å². The first-order valence-corrected chi connectivity index (χ1v) is 7.42. The summed E-state index contributed by atoms with van der Waals surface area (Å²) < 4.78 is 22.2. The highest BCUT2D eigenvalue weighted by atomic mass is 79.9. The summed E-state index contributed by atoms with van der Waals surface area (Å²) in [6.45, 7) is 3.86. The minimum Gasteiger partial charge on any atom is -0.495 e. The molecule has 0 amide bonds. The van der Waals surface area contributed by atoms with Crippen LogP contribution >= 0.6 is 15.9 Å². The number of imidazole rings is 1. The molecule has 0 spiro atoms. The highest BCUT2D eigenvalue weighted by Crippen LogP contribution is 2.29. The molecule has 5 nitrogen and oxygen atoms in total.